The molecule has 0 saturated heterocycles. The average molecular weight is 461 g/mol. The molecule has 0 unspecified atom stereocenters. The van der Waals surface area contributed by atoms with Crippen LogP contribution in [0.4, 0.5) is 24.5 Å². The highest BCUT2D eigenvalue weighted by atomic mass is 19.4. The molecule has 3 rings (SSSR count). The molecule has 33 heavy (non-hydrogen) atoms. The second-order valence-corrected chi connectivity index (χ2v) is 7.71. The Morgan fingerprint density at radius 2 is 1.85 bits per heavy atom. The van der Waals surface area contributed by atoms with E-state index in [-0.39, 0.29) is 22.5 Å². The van der Waals surface area contributed by atoms with E-state index in [1.807, 2.05) is 0 Å². The number of anilines is 1. The lowest BCUT2D eigenvalue weighted by Gasteiger charge is -2.18. The maximum atomic E-state index is 13.8. The van der Waals surface area contributed by atoms with Crippen molar-refractivity contribution in [3.8, 4) is 5.69 Å². The Labute approximate surface area is 187 Å². The maximum absolute atomic E-state index is 13.8. The predicted octanol–water partition coefficient (Wildman–Crippen LogP) is 4.41. The number of alkyl halides is 3. The van der Waals surface area contributed by atoms with Crippen molar-refractivity contribution in [2.75, 3.05) is 19.0 Å². The van der Waals surface area contributed by atoms with E-state index in [9.17, 15) is 28.1 Å². The van der Waals surface area contributed by atoms with Gasteiger partial charge in [-0.2, -0.15) is 18.3 Å². The summed E-state index contributed by atoms with van der Waals surface area (Å²) in [6.07, 6.45) is -4.66. The van der Waals surface area contributed by atoms with E-state index < -0.39 is 29.1 Å². The number of rotatable bonds is 6. The Hall–Kier alpha value is -3.89. The second-order valence-electron chi connectivity index (χ2n) is 7.71. The molecule has 0 aliphatic rings. The number of hydrogen-bond donors (Lipinski definition) is 1. The molecule has 0 aliphatic heterocycles. The molecule has 1 N–H and O–H groups in total. The molecule has 174 valence electrons. The monoisotopic (exact) mass is 461 g/mol. The van der Waals surface area contributed by atoms with Crippen LogP contribution >= 0.6 is 0 Å². The molecule has 11 heteroatoms. The number of aryl methyl sites for hydroxylation is 2. The molecule has 1 aromatic heterocycles. The molecule has 0 radical (unpaired) electrons. The quantitative estimate of drug-likeness (QED) is 0.434. The summed E-state index contributed by atoms with van der Waals surface area (Å²) >= 11 is 0. The van der Waals surface area contributed by atoms with Gasteiger partial charge >= 0.3 is 6.18 Å². The number of amides is 1. The summed E-state index contributed by atoms with van der Waals surface area (Å²) in [6, 6.07) is 9.29. The Bertz CT molecular complexity index is 1220. The van der Waals surface area contributed by atoms with E-state index in [1.165, 1.54) is 28.9 Å². The number of nitro groups is 1. The molecule has 1 amide bonds. The highest BCUT2D eigenvalue weighted by molar-refractivity contribution is 6.00. The zero-order valence-corrected chi connectivity index (χ0v) is 18.4. The molecule has 1 heterocycles. The minimum atomic E-state index is -4.66. The topological polar surface area (TPSA) is 93.3 Å². The standard InChI is InChI=1S/C22H22F3N5O3/c1-13-9-14(2)29(27-13)16-6-5-15(19(11-16)22(23,24)25)12-26-21(31)18-10-17(30(32)33)7-8-20(18)28(3)4/h5-11H,12H2,1-4H3,(H,26,31). The number of carbonyl (C=O) groups excluding carboxylic acids is 1. The van der Waals surface area contributed by atoms with Crippen LogP contribution in [0.3, 0.4) is 0 Å². The number of nitrogens with zero attached hydrogens (tertiary/aromatic N) is 4. The van der Waals surface area contributed by atoms with Crippen LogP contribution in [0.1, 0.15) is 32.9 Å². The number of carbonyl (C=O) groups is 1. The van der Waals surface area contributed by atoms with Gasteiger partial charge in [-0.1, -0.05) is 6.07 Å². The summed E-state index contributed by atoms with van der Waals surface area (Å²) in [5.74, 6) is -0.724. The van der Waals surface area contributed by atoms with Gasteiger partial charge in [0.1, 0.15) is 0 Å². The Morgan fingerprint density at radius 1 is 1.15 bits per heavy atom. The highest BCUT2D eigenvalue weighted by Gasteiger charge is 2.34. The molecule has 0 spiro atoms. The number of aromatic nitrogens is 2. The Balaban J connectivity index is 1.93. The van der Waals surface area contributed by atoms with Crippen molar-refractivity contribution >= 4 is 17.3 Å². The first-order valence-electron chi connectivity index (χ1n) is 9.86. The number of hydrogen-bond acceptors (Lipinski definition) is 5. The second kappa shape index (κ2) is 8.93. The smallest absolute Gasteiger partial charge is 0.377 e. The minimum Gasteiger partial charge on any atom is -0.377 e. The molecule has 2 aromatic carbocycles. The van der Waals surface area contributed by atoms with Crippen LogP contribution in [0.25, 0.3) is 5.69 Å². The Morgan fingerprint density at radius 3 is 2.39 bits per heavy atom. The van der Waals surface area contributed by atoms with Gasteiger partial charge in [0.05, 0.1) is 27.4 Å². The van der Waals surface area contributed by atoms with Crippen molar-refractivity contribution in [1.29, 1.82) is 0 Å². The SMILES string of the molecule is Cc1cc(C)n(-c2ccc(CNC(=O)c3cc([N+](=O)[O-])ccc3N(C)C)c(C(F)(F)F)c2)n1. The lowest BCUT2D eigenvalue weighted by atomic mass is 10.0. The molecule has 8 nitrogen and oxygen atoms in total. The summed E-state index contributed by atoms with van der Waals surface area (Å²) in [4.78, 5) is 24.8. The van der Waals surface area contributed by atoms with Crippen molar-refractivity contribution < 1.29 is 22.9 Å². The van der Waals surface area contributed by atoms with Gasteiger partial charge in [0, 0.05) is 44.2 Å². The summed E-state index contributed by atoms with van der Waals surface area (Å²) in [5.41, 5.74) is 0.649. The van der Waals surface area contributed by atoms with Gasteiger partial charge in [-0.25, -0.2) is 4.68 Å². The number of benzene rings is 2. The van der Waals surface area contributed by atoms with Crippen LogP contribution in [0.2, 0.25) is 0 Å². The van der Waals surface area contributed by atoms with Crippen LogP contribution in [0.15, 0.2) is 42.5 Å². The third kappa shape index (κ3) is 5.13. The predicted molar refractivity (Wildman–Crippen MR) is 117 cm³/mol. The number of nitro benzene ring substituents is 1. The van der Waals surface area contributed by atoms with Crippen molar-refractivity contribution in [3.63, 3.8) is 0 Å². The summed E-state index contributed by atoms with van der Waals surface area (Å²) < 4.78 is 42.8. The van der Waals surface area contributed by atoms with Gasteiger partial charge in [-0.3, -0.25) is 14.9 Å². The van der Waals surface area contributed by atoms with Crippen LogP contribution in [-0.4, -0.2) is 34.7 Å². The molecule has 0 fully saturated rings. The summed E-state index contributed by atoms with van der Waals surface area (Å²) in [5, 5.41) is 17.8. The third-order valence-corrected chi connectivity index (χ3v) is 5.01. The normalized spacial score (nSPS) is 11.4. The lowest BCUT2D eigenvalue weighted by molar-refractivity contribution is -0.384. The average Bonchev–Trinajstić information content (AvgIpc) is 3.08. The van der Waals surface area contributed by atoms with Gasteiger partial charge in [0.25, 0.3) is 11.6 Å². The summed E-state index contributed by atoms with van der Waals surface area (Å²) in [6.45, 7) is 3.07. The van der Waals surface area contributed by atoms with Gasteiger partial charge in [0.2, 0.25) is 0 Å². The fourth-order valence-electron chi connectivity index (χ4n) is 3.48. The number of non-ortho nitro benzene ring substituents is 1. The molecule has 0 aliphatic carbocycles. The van der Waals surface area contributed by atoms with E-state index in [0.717, 1.165) is 12.1 Å². The van der Waals surface area contributed by atoms with E-state index in [0.29, 0.717) is 17.1 Å². The van der Waals surface area contributed by atoms with E-state index in [1.54, 1.807) is 38.9 Å². The third-order valence-electron chi connectivity index (χ3n) is 5.01. The fraction of sp³-hybridized carbons (Fsp3) is 0.273. The van der Waals surface area contributed by atoms with Crippen molar-refractivity contribution in [3.05, 3.63) is 80.7 Å². The van der Waals surface area contributed by atoms with Gasteiger partial charge in [-0.05, 0) is 43.7 Å². The lowest BCUT2D eigenvalue weighted by Crippen LogP contribution is -2.26. The van der Waals surface area contributed by atoms with Crippen LogP contribution in [-0.2, 0) is 12.7 Å². The zero-order chi connectivity index (χ0) is 24.5. The van der Waals surface area contributed by atoms with Gasteiger partial charge in [-0.15, -0.1) is 0 Å². The summed E-state index contributed by atoms with van der Waals surface area (Å²) in [7, 11) is 3.30. The molecule has 0 saturated carbocycles. The zero-order valence-electron chi connectivity index (χ0n) is 18.4. The molecule has 0 bridgehead atoms. The molecular formula is C22H22F3N5O3. The largest absolute Gasteiger partial charge is 0.416 e. The van der Waals surface area contributed by atoms with Crippen molar-refractivity contribution in [2.24, 2.45) is 0 Å². The molecule has 0 atom stereocenters. The first-order chi connectivity index (χ1) is 15.4. The van der Waals surface area contributed by atoms with E-state index in [2.05, 4.69) is 10.4 Å². The molecular weight excluding hydrogens is 439 g/mol. The highest BCUT2D eigenvalue weighted by Crippen LogP contribution is 2.34. The fourth-order valence-corrected chi connectivity index (χ4v) is 3.48. The minimum absolute atomic E-state index is 0.0120. The Kier molecular flexibility index (Phi) is 6.43. The van der Waals surface area contributed by atoms with Gasteiger partial charge in [0.15, 0.2) is 0 Å². The maximum Gasteiger partial charge on any atom is 0.416 e. The molecule has 3 aromatic rings. The van der Waals surface area contributed by atoms with Crippen molar-refractivity contribution in [1.82, 2.24) is 15.1 Å². The van der Waals surface area contributed by atoms with Crippen LogP contribution in [0.5, 0.6) is 0 Å². The van der Waals surface area contributed by atoms with Crippen molar-refractivity contribution in [2.45, 2.75) is 26.6 Å². The number of halogens is 3. The number of nitrogens with one attached hydrogen (secondary N) is 1. The van der Waals surface area contributed by atoms with Gasteiger partial charge < -0.3 is 10.2 Å². The van der Waals surface area contributed by atoms with Crippen LogP contribution < -0.4 is 10.2 Å². The first kappa shape index (κ1) is 23.8. The first-order valence-corrected chi connectivity index (χ1v) is 9.86. The van der Waals surface area contributed by atoms with E-state index >= 15 is 0 Å². The van der Waals surface area contributed by atoms with E-state index in [4.69, 9.17) is 0 Å². The van der Waals surface area contributed by atoms with Crippen LogP contribution in [0, 0.1) is 24.0 Å².